The van der Waals surface area contributed by atoms with Crippen molar-refractivity contribution in [1.82, 2.24) is 0 Å². The number of methoxy groups -OCH3 is 2. The molecular weight excluding hydrogens is 492 g/mol. The van der Waals surface area contributed by atoms with Crippen LogP contribution in [0, 0.1) is 40.4 Å². The van der Waals surface area contributed by atoms with E-state index in [-0.39, 0.29) is 28.9 Å². The van der Waals surface area contributed by atoms with Crippen LogP contribution in [0.2, 0.25) is 0 Å². The molecule has 0 aromatic heterocycles. The number of rotatable bonds is 7. The summed E-state index contributed by atoms with van der Waals surface area (Å²) in [6, 6.07) is 7.02. The van der Waals surface area contributed by atoms with Crippen molar-refractivity contribution in [3.63, 3.8) is 0 Å². The highest BCUT2D eigenvalue weighted by molar-refractivity contribution is 5.90. The van der Waals surface area contributed by atoms with Crippen molar-refractivity contribution < 1.29 is 28.6 Å². The van der Waals surface area contributed by atoms with Crippen molar-refractivity contribution in [3.8, 4) is 5.75 Å². The number of ether oxygens (including phenoxy) is 3. The molecule has 5 rings (SSSR count). The Hall–Kier alpha value is -2.63. The average Bonchev–Trinajstić information content (AvgIpc) is 3.31. The van der Waals surface area contributed by atoms with E-state index in [1.807, 2.05) is 0 Å². The predicted molar refractivity (Wildman–Crippen MR) is 148 cm³/mol. The van der Waals surface area contributed by atoms with Gasteiger partial charge in [-0.25, -0.2) is 4.79 Å². The molecule has 0 heterocycles. The molecule has 212 valence electrons. The summed E-state index contributed by atoms with van der Waals surface area (Å²) in [5.74, 6) is 2.64. The highest BCUT2D eigenvalue weighted by Gasteiger charge is 2.63. The number of carbonyl (C=O) groups is 3. The number of ketones is 1. The Morgan fingerprint density at radius 1 is 1.03 bits per heavy atom. The van der Waals surface area contributed by atoms with Gasteiger partial charge in [0.2, 0.25) is 0 Å². The van der Waals surface area contributed by atoms with Crippen LogP contribution in [0.1, 0.15) is 88.9 Å². The van der Waals surface area contributed by atoms with Gasteiger partial charge in [-0.15, -0.1) is 0 Å². The van der Waals surface area contributed by atoms with E-state index in [4.69, 9.17) is 14.2 Å². The first-order valence-corrected chi connectivity index (χ1v) is 14.8. The molecule has 39 heavy (non-hydrogen) atoms. The minimum Gasteiger partial charge on any atom is -0.497 e. The maximum Gasteiger partial charge on any atom is 0.338 e. The summed E-state index contributed by atoms with van der Waals surface area (Å²) in [6.07, 6.45) is 9.83. The van der Waals surface area contributed by atoms with Gasteiger partial charge < -0.3 is 14.2 Å². The van der Waals surface area contributed by atoms with Crippen LogP contribution in [0.3, 0.4) is 0 Å². The number of esters is 2. The Morgan fingerprint density at radius 3 is 2.46 bits per heavy atom. The molecule has 0 N–H and O–H groups in total. The lowest BCUT2D eigenvalue weighted by atomic mass is 9.46. The lowest BCUT2D eigenvalue weighted by Gasteiger charge is -2.58. The summed E-state index contributed by atoms with van der Waals surface area (Å²) in [5, 5.41) is 0. The molecule has 0 bridgehead atoms. The summed E-state index contributed by atoms with van der Waals surface area (Å²) in [7, 11) is 3.04. The van der Waals surface area contributed by atoms with Crippen LogP contribution in [0.5, 0.6) is 5.75 Å². The molecule has 0 radical (unpaired) electrons. The fraction of sp³-hybridized carbons (Fsp3) is 0.667. The van der Waals surface area contributed by atoms with E-state index in [0.29, 0.717) is 59.5 Å². The minimum absolute atomic E-state index is 0.0164. The number of benzene rings is 1. The predicted octanol–water partition coefficient (Wildman–Crippen LogP) is 6.57. The lowest BCUT2D eigenvalue weighted by molar-refractivity contribution is -0.149. The van der Waals surface area contributed by atoms with Gasteiger partial charge in [0, 0.05) is 18.3 Å². The van der Waals surface area contributed by atoms with E-state index in [1.165, 1.54) is 12.7 Å². The normalized spacial score (nSPS) is 36.1. The van der Waals surface area contributed by atoms with Gasteiger partial charge in [-0.05, 0) is 110 Å². The van der Waals surface area contributed by atoms with E-state index in [0.717, 1.165) is 44.9 Å². The van der Waals surface area contributed by atoms with Crippen LogP contribution < -0.4 is 4.74 Å². The van der Waals surface area contributed by atoms with Gasteiger partial charge in [-0.1, -0.05) is 26.3 Å². The quantitative estimate of drug-likeness (QED) is 0.290. The van der Waals surface area contributed by atoms with Gasteiger partial charge in [-0.3, -0.25) is 9.59 Å². The standard InChI is InChI=1S/C33H44O6/c1-20(6-15-30(35)38-5)26-13-14-27-25-12-9-22-18-24(39-31(36)21-7-10-23(37-4)11-8-21)16-17-32(22,2)28(25)19-29(34)33(26,27)3/h7-8,10-11,18,20,24-28H,6,9,12-17,19H2,1-5H3/t20-,24+,25+,26-,27+,28+,32+,33-/m1/s1. The third kappa shape index (κ3) is 4.82. The minimum atomic E-state index is -0.307. The van der Waals surface area contributed by atoms with E-state index < -0.39 is 0 Å². The zero-order valence-corrected chi connectivity index (χ0v) is 24.2. The van der Waals surface area contributed by atoms with E-state index >= 15 is 0 Å². The highest BCUT2D eigenvalue weighted by Crippen LogP contribution is 2.66. The van der Waals surface area contributed by atoms with Crippen molar-refractivity contribution in [1.29, 1.82) is 0 Å². The van der Waals surface area contributed by atoms with Gasteiger partial charge in [-0.2, -0.15) is 0 Å². The molecule has 3 fully saturated rings. The van der Waals surface area contributed by atoms with Crippen LogP contribution in [0.15, 0.2) is 35.9 Å². The van der Waals surface area contributed by atoms with Gasteiger partial charge in [0.05, 0.1) is 19.8 Å². The lowest BCUT2D eigenvalue weighted by Crippen LogP contribution is -2.55. The van der Waals surface area contributed by atoms with Crippen LogP contribution >= 0.6 is 0 Å². The number of allylic oxidation sites excluding steroid dienone is 1. The summed E-state index contributed by atoms with van der Waals surface area (Å²) in [4.78, 5) is 38.6. The van der Waals surface area contributed by atoms with Crippen LogP contribution in [0.25, 0.3) is 0 Å². The van der Waals surface area contributed by atoms with E-state index in [9.17, 15) is 14.4 Å². The number of hydrogen-bond acceptors (Lipinski definition) is 6. The fourth-order valence-electron chi connectivity index (χ4n) is 9.02. The number of Topliss-reactive ketones (excluding diaryl/α,β-unsaturated/α-hetero) is 1. The molecule has 0 aliphatic heterocycles. The molecule has 4 aliphatic rings. The van der Waals surface area contributed by atoms with Gasteiger partial charge in [0.1, 0.15) is 17.6 Å². The van der Waals surface area contributed by atoms with Crippen molar-refractivity contribution in [2.75, 3.05) is 14.2 Å². The van der Waals surface area contributed by atoms with Crippen molar-refractivity contribution >= 4 is 17.7 Å². The van der Waals surface area contributed by atoms with Crippen LogP contribution in [-0.2, 0) is 19.1 Å². The second-order valence-electron chi connectivity index (χ2n) is 12.9. The molecule has 3 saturated carbocycles. The zero-order valence-electron chi connectivity index (χ0n) is 24.2. The molecule has 8 atom stereocenters. The third-order valence-corrected chi connectivity index (χ3v) is 11.3. The van der Waals surface area contributed by atoms with Crippen molar-refractivity contribution in [2.45, 2.75) is 84.7 Å². The Labute approximate surface area is 232 Å². The van der Waals surface area contributed by atoms with Gasteiger partial charge in [0.25, 0.3) is 0 Å². The first-order chi connectivity index (χ1) is 18.6. The largest absolute Gasteiger partial charge is 0.497 e. The molecule has 0 unspecified atom stereocenters. The van der Waals surface area contributed by atoms with E-state index in [1.54, 1.807) is 31.4 Å². The van der Waals surface area contributed by atoms with E-state index in [2.05, 4.69) is 26.8 Å². The molecule has 6 heteroatoms. The third-order valence-electron chi connectivity index (χ3n) is 11.3. The topological polar surface area (TPSA) is 78.9 Å². The summed E-state index contributed by atoms with van der Waals surface area (Å²) < 4.78 is 16.0. The summed E-state index contributed by atoms with van der Waals surface area (Å²) in [5.41, 5.74) is 1.59. The number of fused-ring (bicyclic) bond motifs is 5. The maximum absolute atomic E-state index is 14.0. The molecule has 0 saturated heterocycles. The first kappa shape index (κ1) is 27.9. The van der Waals surface area contributed by atoms with Crippen molar-refractivity contribution in [2.24, 2.45) is 40.4 Å². The monoisotopic (exact) mass is 536 g/mol. The Bertz CT molecular complexity index is 1140. The average molecular weight is 537 g/mol. The van der Waals surface area contributed by atoms with Crippen LogP contribution in [0.4, 0.5) is 0 Å². The Kier molecular flexibility index (Phi) is 7.69. The second kappa shape index (κ2) is 10.7. The van der Waals surface area contributed by atoms with Gasteiger partial charge in [0.15, 0.2) is 0 Å². The molecular formula is C33H44O6. The fourth-order valence-corrected chi connectivity index (χ4v) is 9.02. The molecule has 4 aliphatic carbocycles. The summed E-state index contributed by atoms with van der Waals surface area (Å²) >= 11 is 0. The first-order valence-electron chi connectivity index (χ1n) is 14.8. The maximum atomic E-state index is 14.0. The molecule has 0 amide bonds. The zero-order chi connectivity index (χ0) is 27.9. The second-order valence-corrected chi connectivity index (χ2v) is 12.9. The van der Waals surface area contributed by atoms with Crippen molar-refractivity contribution in [3.05, 3.63) is 41.5 Å². The van der Waals surface area contributed by atoms with Gasteiger partial charge >= 0.3 is 11.9 Å². The number of hydrogen-bond donors (Lipinski definition) is 0. The molecule has 0 spiro atoms. The Morgan fingerprint density at radius 2 is 1.77 bits per heavy atom. The van der Waals surface area contributed by atoms with Crippen LogP contribution in [-0.4, -0.2) is 38.0 Å². The molecule has 1 aromatic carbocycles. The SMILES string of the molecule is COC(=O)CC[C@@H](C)[C@H]1CC[C@H]2[C@@H]3CCC4=C[C@@H](OC(=O)c5ccc(OC)cc5)CC[C@]4(C)[C@H]3CC(=O)[C@]12C. The molecule has 6 nitrogen and oxygen atoms in total. The Balaban J connectivity index is 1.29. The molecule has 1 aromatic rings. The summed E-state index contributed by atoms with van der Waals surface area (Å²) in [6.45, 7) is 6.82. The number of carbonyl (C=O) groups excluding carboxylic acids is 3. The smallest absolute Gasteiger partial charge is 0.338 e. The highest BCUT2D eigenvalue weighted by atomic mass is 16.5.